The monoisotopic (exact) mass is 828 g/mol. The minimum atomic E-state index is -10.7. The fourth-order valence-corrected chi connectivity index (χ4v) is 6.05. The Hall–Kier alpha value is -3.91. The molecule has 0 radical (unpaired) electrons. The molecule has 0 amide bonds. The van der Waals surface area contributed by atoms with E-state index >= 15 is 0 Å². The quantitative estimate of drug-likeness (QED) is 0.0844. The molecule has 0 spiro atoms. The van der Waals surface area contributed by atoms with E-state index in [1.54, 1.807) is 0 Å². The van der Waals surface area contributed by atoms with Gasteiger partial charge in [0.2, 0.25) is 0 Å². The first-order valence-corrected chi connectivity index (χ1v) is 20.6. The Bertz CT molecular complexity index is 1830. The molecule has 54 heavy (non-hydrogen) atoms. The molecule has 0 atom stereocenters. The van der Waals surface area contributed by atoms with Crippen LogP contribution in [0.2, 0.25) is 0 Å². The van der Waals surface area contributed by atoms with Crippen molar-refractivity contribution in [1.29, 1.82) is 0 Å². The Balaban J connectivity index is 0.000000610. The van der Waals surface area contributed by atoms with Crippen molar-refractivity contribution >= 4 is 33.1 Å². The molecule has 5 N–H and O–H groups in total. The summed E-state index contributed by atoms with van der Waals surface area (Å²) in [5.74, 6) is 2.46. The number of halogens is 12. The number of hydrogen-bond donors (Lipinski definition) is 3. The summed E-state index contributed by atoms with van der Waals surface area (Å²) in [4.78, 5) is 4.76. The Morgan fingerprint density at radius 2 is 0.889 bits per heavy atom. The van der Waals surface area contributed by atoms with Gasteiger partial charge in [0.25, 0.3) is 11.6 Å². The van der Waals surface area contributed by atoms with E-state index in [1.165, 1.54) is 50.1 Å². The van der Waals surface area contributed by atoms with Crippen molar-refractivity contribution in [2.45, 2.75) is 87.4 Å². The van der Waals surface area contributed by atoms with Crippen LogP contribution in [0.3, 0.4) is 0 Å². The van der Waals surface area contributed by atoms with Crippen molar-refractivity contribution in [3.05, 3.63) is 105 Å². The summed E-state index contributed by atoms with van der Waals surface area (Å²) >= 11 is 0. The molecule has 0 bridgehead atoms. The molecule has 4 rings (SSSR count). The summed E-state index contributed by atoms with van der Waals surface area (Å²) in [5, 5.41) is 3.68. The summed E-state index contributed by atoms with van der Waals surface area (Å²) in [7, 11) is -21.3. The Morgan fingerprint density at radius 1 is 0.537 bits per heavy atom. The van der Waals surface area contributed by atoms with Crippen LogP contribution in [0.5, 0.6) is 0 Å². The minimum absolute atomic E-state index is 0.716. The van der Waals surface area contributed by atoms with Crippen LogP contribution in [-0.4, -0.2) is 4.98 Å². The summed E-state index contributed by atoms with van der Waals surface area (Å²) in [6.07, 6.45) is 7.14. The summed E-state index contributed by atoms with van der Waals surface area (Å²) < 4.78 is 123. The zero-order valence-corrected chi connectivity index (χ0v) is 32.6. The molecule has 0 aliphatic carbocycles. The van der Waals surface area contributed by atoms with E-state index in [-0.39, 0.29) is 0 Å². The molecule has 4 aromatic rings. The van der Waals surface area contributed by atoms with Crippen LogP contribution in [0, 0.1) is 27.7 Å². The van der Waals surface area contributed by atoms with E-state index in [1.807, 2.05) is 19.1 Å². The molecule has 0 aliphatic rings. The number of nitrogens with zero attached hydrogens (tertiary/aromatic N) is 3. The van der Waals surface area contributed by atoms with E-state index in [4.69, 9.17) is 16.5 Å². The van der Waals surface area contributed by atoms with E-state index in [0.29, 0.717) is 6.54 Å². The van der Waals surface area contributed by atoms with Crippen molar-refractivity contribution in [3.63, 3.8) is 0 Å². The Morgan fingerprint density at radius 3 is 1.22 bits per heavy atom. The van der Waals surface area contributed by atoms with Gasteiger partial charge in [-0.2, -0.15) is 0 Å². The van der Waals surface area contributed by atoms with E-state index < -0.39 is 15.6 Å². The standard InChI is InChI=1S/C34H44N6.2F6P/c1-8-26-29(17-37-34-16-24(6)15-25(7)38-34)27(9-2)31(21-40-19-23(5)12-14-33(40)36)28(10-3)30(26)20-39-18-22(4)11-13-32(39)35;2*1-7(2,3,4,5)6/h11-16,18-19,35-36H,8-10,17,20-21H2,1-7H3,(H,37,38);;/q;2*-1/p+2. The molecule has 0 aliphatic heterocycles. The number of hydrogen-bond acceptors (Lipinski definition) is 4. The predicted octanol–water partition coefficient (Wildman–Crippen LogP) is 12.2. The molecule has 0 saturated carbocycles. The van der Waals surface area contributed by atoms with Crippen molar-refractivity contribution in [1.82, 2.24) is 4.98 Å². The van der Waals surface area contributed by atoms with Crippen molar-refractivity contribution in [3.8, 4) is 0 Å². The van der Waals surface area contributed by atoms with Crippen LogP contribution in [-0.2, 0) is 38.9 Å². The second-order valence-corrected chi connectivity index (χ2v) is 16.7. The van der Waals surface area contributed by atoms with Gasteiger partial charge >= 0.3 is 66.0 Å². The zero-order valence-electron chi connectivity index (χ0n) is 30.8. The Labute approximate surface area is 306 Å². The van der Waals surface area contributed by atoms with Crippen LogP contribution < -0.4 is 25.9 Å². The molecule has 3 heterocycles. The first kappa shape index (κ1) is 46.2. The number of pyridine rings is 3. The number of aryl methyl sites for hydroxylation is 4. The maximum atomic E-state index is 9.87. The van der Waals surface area contributed by atoms with Gasteiger partial charge in [-0.05, 0) is 110 Å². The van der Waals surface area contributed by atoms with Gasteiger partial charge in [0.05, 0.1) is 12.4 Å². The van der Waals surface area contributed by atoms with Crippen LogP contribution in [0.15, 0.2) is 48.8 Å². The van der Waals surface area contributed by atoms with Gasteiger partial charge in [0.1, 0.15) is 18.9 Å². The number of nitrogens with two attached hydrogens (primary N) is 2. The molecular formula is C34H46F12N6P2. The number of nitrogens with one attached hydrogen (secondary N) is 1. The second-order valence-electron chi connectivity index (χ2n) is 12.9. The Kier molecular flexibility index (Phi) is 12.8. The molecule has 20 heteroatoms. The molecule has 0 unspecified atom stereocenters. The van der Waals surface area contributed by atoms with Crippen LogP contribution in [0.4, 0.5) is 67.8 Å². The average molecular weight is 829 g/mol. The third-order valence-corrected chi connectivity index (χ3v) is 7.86. The topological polar surface area (TPSA) is 84.7 Å². The maximum absolute atomic E-state index is 10.7. The average Bonchev–Trinajstić information content (AvgIpc) is 2.96. The first-order chi connectivity index (χ1) is 24.0. The number of benzene rings is 1. The number of rotatable bonds is 10. The van der Waals surface area contributed by atoms with Gasteiger partial charge < -0.3 is 5.32 Å². The van der Waals surface area contributed by atoms with Crippen LogP contribution >= 0.6 is 15.6 Å². The zero-order chi connectivity index (χ0) is 41.8. The van der Waals surface area contributed by atoms with Crippen LogP contribution in [0.25, 0.3) is 0 Å². The SMILES string of the molecule is CCc1c(CNc2cc(C)cc(C)n2)c(CC)c(C[n+]2cc(C)ccc2N)c(CC)c1C[n+]1cc(C)ccc1N.F[P-](F)(F)(F)(F)F.F[P-](F)(F)(F)(F)F. The number of nitrogen functional groups attached to an aromatic ring is 2. The number of anilines is 3. The normalized spacial score (nSPS) is 14.3. The molecule has 0 saturated heterocycles. The predicted molar refractivity (Wildman–Crippen MR) is 193 cm³/mol. The van der Waals surface area contributed by atoms with Crippen molar-refractivity contribution in [2.24, 2.45) is 0 Å². The summed E-state index contributed by atoms with van der Waals surface area (Å²) in [5.41, 5.74) is 26.0. The van der Waals surface area contributed by atoms with Gasteiger partial charge in [0.15, 0.2) is 0 Å². The van der Waals surface area contributed by atoms with E-state index in [2.05, 4.69) is 92.7 Å². The summed E-state index contributed by atoms with van der Waals surface area (Å²) in [6.45, 7) is 17.4. The van der Waals surface area contributed by atoms with Gasteiger partial charge in [0, 0.05) is 35.5 Å². The third-order valence-electron chi connectivity index (χ3n) is 7.86. The van der Waals surface area contributed by atoms with Gasteiger partial charge in [-0.3, -0.25) is 11.5 Å². The molecule has 1 aromatic carbocycles. The molecule has 0 fully saturated rings. The van der Waals surface area contributed by atoms with E-state index in [9.17, 15) is 50.4 Å². The molecular weight excluding hydrogens is 782 g/mol. The van der Waals surface area contributed by atoms with Crippen molar-refractivity contribution in [2.75, 3.05) is 16.8 Å². The second kappa shape index (κ2) is 15.0. The summed E-state index contributed by atoms with van der Waals surface area (Å²) in [6, 6.07) is 12.4. The molecule has 6 nitrogen and oxygen atoms in total. The van der Waals surface area contributed by atoms with Gasteiger partial charge in [-0.1, -0.05) is 20.8 Å². The fourth-order valence-electron chi connectivity index (χ4n) is 6.05. The molecule has 3 aromatic heterocycles. The third kappa shape index (κ3) is 17.9. The van der Waals surface area contributed by atoms with E-state index in [0.717, 1.165) is 55.5 Å². The van der Waals surface area contributed by atoms with Gasteiger partial charge in [-0.15, -0.1) is 0 Å². The van der Waals surface area contributed by atoms with Crippen molar-refractivity contribution < 1.29 is 59.5 Å². The molecule has 306 valence electrons. The first-order valence-electron chi connectivity index (χ1n) is 16.5. The fraction of sp³-hybridized carbons (Fsp3) is 0.382. The number of aromatic nitrogens is 3. The van der Waals surface area contributed by atoms with Crippen LogP contribution in [0.1, 0.15) is 76.5 Å². The van der Waals surface area contributed by atoms with Gasteiger partial charge in [-0.25, -0.2) is 14.1 Å².